The van der Waals surface area contributed by atoms with Crippen molar-refractivity contribution in [1.29, 1.82) is 0 Å². The van der Waals surface area contributed by atoms with E-state index < -0.39 is 11.9 Å². The number of rotatable bonds is 9. The summed E-state index contributed by atoms with van der Waals surface area (Å²) in [4.78, 5) is 30.7. The molecule has 0 aliphatic carbocycles. The van der Waals surface area contributed by atoms with Gasteiger partial charge in [-0.2, -0.15) is 0 Å². The number of hydrogen-bond acceptors (Lipinski definition) is 4. The van der Waals surface area contributed by atoms with E-state index in [0.717, 1.165) is 12.5 Å². The Labute approximate surface area is 210 Å². The number of nitrogens with zero attached hydrogens (tertiary/aromatic N) is 1. The number of hydrogen-bond donors (Lipinski definition) is 2. The van der Waals surface area contributed by atoms with Crippen molar-refractivity contribution < 1.29 is 28.2 Å². The van der Waals surface area contributed by atoms with Crippen LogP contribution in [0.5, 0.6) is 11.5 Å². The fourth-order valence-electron chi connectivity index (χ4n) is 3.64. The van der Waals surface area contributed by atoms with Gasteiger partial charge in [-0.05, 0) is 47.5 Å². The molecule has 2 aromatic heterocycles. The molecule has 0 radical (unpaired) electrons. The van der Waals surface area contributed by atoms with Crippen LogP contribution in [0.2, 0.25) is 5.02 Å². The lowest BCUT2D eigenvalue weighted by molar-refractivity contribution is -0.117. The van der Waals surface area contributed by atoms with Crippen molar-refractivity contribution in [2.75, 3.05) is 0 Å². The molecule has 6 nitrogen and oxygen atoms in total. The Kier molecular flexibility index (Phi) is 7.17. The Bertz CT molecular complexity index is 1410. The largest absolute Gasteiger partial charge is 0.478 e. The van der Waals surface area contributed by atoms with Crippen molar-refractivity contribution in [3.8, 4) is 22.9 Å². The summed E-state index contributed by atoms with van der Waals surface area (Å²) in [5.41, 5.74) is 2.13. The first-order chi connectivity index (χ1) is 17.1. The van der Waals surface area contributed by atoms with Crippen molar-refractivity contribution in [1.82, 2.24) is 9.97 Å². The van der Waals surface area contributed by atoms with Gasteiger partial charge in [-0.1, -0.05) is 29.8 Å². The van der Waals surface area contributed by atoms with Crippen LogP contribution in [0, 0.1) is 0 Å². The zero-order valence-corrected chi connectivity index (χ0v) is 19.9. The Morgan fingerprint density at radius 2 is 1.69 bits per heavy atom. The number of halogens is 3. The van der Waals surface area contributed by atoms with Gasteiger partial charge in [-0.3, -0.25) is 9.78 Å². The Balaban J connectivity index is 1.39. The third-order valence-corrected chi connectivity index (χ3v) is 5.73. The van der Waals surface area contributed by atoms with Gasteiger partial charge >= 0.3 is 5.97 Å². The van der Waals surface area contributed by atoms with Crippen LogP contribution in [0.3, 0.4) is 0 Å². The smallest absolute Gasteiger partial charge is 0.337 e. The summed E-state index contributed by atoms with van der Waals surface area (Å²) in [5.74, 6) is -3.22. The minimum absolute atomic E-state index is 0.0145. The van der Waals surface area contributed by atoms with Gasteiger partial charge in [-0.15, -0.1) is 0 Å². The topological polar surface area (TPSA) is 92.3 Å². The molecule has 0 fully saturated rings. The van der Waals surface area contributed by atoms with E-state index in [1.165, 1.54) is 24.4 Å². The highest BCUT2D eigenvalue weighted by molar-refractivity contribution is 6.31. The van der Waals surface area contributed by atoms with E-state index in [2.05, 4.69) is 9.97 Å². The van der Waals surface area contributed by atoms with Crippen molar-refractivity contribution >= 4 is 23.4 Å². The van der Waals surface area contributed by atoms with E-state index in [4.69, 9.17) is 21.4 Å². The number of ketones is 1. The van der Waals surface area contributed by atoms with Gasteiger partial charge < -0.3 is 14.8 Å². The normalized spacial score (nSPS) is 11.3. The van der Waals surface area contributed by atoms with Gasteiger partial charge in [0.15, 0.2) is 0 Å². The standard InChI is InChI=1S/C27H21ClF2N2O4/c1-27(29,30)22-12-17(4-7-23(22)28)11-19(33)10-16-2-5-20(6-3-16)36-21-8-9-31-25(14-21)24-13-18(15-32-24)26(34)35/h2-9,12-15,32H,10-11H2,1H3,(H,34,35). The van der Waals surface area contributed by atoms with Crippen molar-refractivity contribution in [2.45, 2.75) is 25.7 Å². The molecule has 2 aromatic carbocycles. The van der Waals surface area contributed by atoms with Gasteiger partial charge in [0.05, 0.1) is 17.0 Å². The van der Waals surface area contributed by atoms with E-state index in [1.54, 1.807) is 48.7 Å². The molecule has 2 N–H and O–H groups in total. The molecule has 0 bridgehead atoms. The highest BCUT2D eigenvalue weighted by atomic mass is 35.5. The molecule has 0 saturated heterocycles. The summed E-state index contributed by atoms with van der Waals surface area (Å²) in [6, 6.07) is 16.0. The van der Waals surface area contributed by atoms with Crippen LogP contribution in [0.15, 0.2) is 73.1 Å². The second kappa shape index (κ2) is 10.3. The molecule has 0 unspecified atom stereocenters. The molecule has 0 aliphatic heterocycles. The number of aromatic nitrogens is 2. The zero-order chi connectivity index (χ0) is 25.9. The average molecular weight is 511 g/mol. The molecule has 184 valence electrons. The van der Waals surface area contributed by atoms with Crippen molar-refractivity contribution in [3.05, 3.63) is 100 Å². The number of carbonyl (C=O) groups excluding carboxylic acids is 1. The summed E-state index contributed by atoms with van der Waals surface area (Å²) in [6.07, 6.45) is 3.09. The molecule has 2 heterocycles. The third-order valence-electron chi connectivity index (χ3n) is 5.40. The number of pyridine rings is 1. The zero-order valence-electron chi connectivity index (χ0n) is 19.1. The molecule has 9 heteroatoms. The highest BCUT2D eigenvalue weighted by Gasteiger charge is 2.27. The van der Waals surface area contributed by atoms with Crippen LogP contribution < -0.4 is 4.74 Å². The summed E-state index contributed by atoms with van der Waals surface area (Å²) >= 11 is 5.87. The quantitative estimate of drug-likeness (QED) is 0.262. The molecule has 0 atom stereocenters. The maximum Gasteiger partial charge on any atom is 0.337 e. The first-order valence-corrected chi connectivity index (χ1v) is 11.3. The van der Waals surface area contributed by atoms with E-state index in [0.29, 0.717) is 28.5 Å². The van der Waals surface area contributed by atoms with E-state index in [9.17, 15) is 18.4 Å². The second-order valence-electron chi connectivity index (χ2n) is 8.32. The predicted molar refractivity (Wildman–Crippen MR) is 131 cm³/mol. The number of ether oxygens (including phenoxy) is 1. The molecular formula is C27H21ClF2N2O4. The molecule has 4 rings (SSSR count). The van der Waals surface area contributed by atoms with Crippen LogP contribution >= 0.6 is 11.6 Å². The maximum absolute atomic E-state index is 13.7. The van der Waals surface area contributed by atoms with Crippen LogP contribution in [0.25, 0.3) is 11.4 Å². The van der Waals surface area contributed by atoms with E-state index in [1.807, 2.05) is 0 Å². The van der Waals surface area contributed by atoms with Gasteiger partial charge in [-0.25, -0.2) is 13.6 Å². The number of Topliss-reactive ketones (excluding diaryl/α,β-unsaturated/α-hetero) is 1. The van der Waals surface area contributed by atoms with Gasteiger partial charge in [0.25, 0.3) is 5.92 Å². The van der Waals surface area contributed by atoms with Gasteiger partial charge in [0.2, 0.25) is 0 Å². The fourth-order valence-corrected chi connectivity index (χ4v) is 3.92. The minimum Gasteiger partial charge on any atom is -0.478 e. The van der Waals surface area contributed by atoms with E-state index in [-0.39, 0.29) is 34.8 Å². The number of carboxylic acid groups (broad SMARTS) is 1. The average Bonchev–Trinajstić information content (AvgIpc) is 3.32. The summed E-state index contributed by atoms with van der Waals surface area (Å²) in [6.45, 7) is 0.769. The molecule has 0 saturated carbocycles. The Hall–Kier alpha value is -4.04. The van der Waals surface area contributed by atoms with Crippen molar-refractivity contribution in [2.24, 2.45) is 0 Å². The third kappa shape index (κ3) is 6.14. The van der Waals surface area contributed by atoms with Crippen LogP contribution in [0.1, 0.15) is 34.0 Å². The molecule has 4 aromatic rings. The predicted octanol–water partition coefficient (Wildman–Crippen LogP) is 6.69. The number of aromatic carboxylic acids is 1. The lowest BCUT2D eigenvalue weighted by Crippen LogP contribution is -2.11. The molecule has 0 aliphatic rings. The van der Waals surface area contributed by atoms with Crippen LogP contribution in [-0.4, -0.2) is 26.8 Å². The molecule has 0 spiro atoms. The number of alkyl halides is 2. The maximum atomic E-state index is 13.7. The first-order valence-electron chi connectivity index (χ1n) is 10.9. The Morgan fingerprint density at radius 1 is 1.00 bits per heavy atom. The number of benzene rings is 2. The SMILES string of the molecule is CC(F)(F)c1cc(CC(=O)Cc2ccc(Oc3ccnc(-c4cc(C(=O)O)c[nH]4)c3)cc2)ccc1Cl. The second-order valence-corrected chi connectivity index (χ2v) is 8.73. The summed E-state index contributed by atoms with van der Waals surface area (Å²) in [5, 5.41) is 9.04. The molecule has 0 amide bonds. The lowest BCUT2D eigenvalue weighted by atomic mass is 9.99. The van der Waals surface area contributed by atoms with Gasteiger partial charge in [0, 0.05) is 48.8 Å². The monoisotopic (exact) mass is 510 g/mol. The Morgan fingerprint density at radius 3 is 2.36 bits per heavy atom. The summed E-state index contributed by atoms with van der Waals surface area (Å²) in [7, 11) is 0. The van der Waals surface area contributed by atoms with E-state index >= 15 is 0 Å². The molecule has 36 heavy (non-hydrogen) atoms. The van der Waals surface area contributed by atoms with Gasteiger partial charge in [0.1, 0.15) is 17.3 Å². The number of nitrogens with one attached hydrogen (secondary N) is 1. The van der Waals surface area contributed by atoms with Crippen LogP contribution in [-0.2, 0) is 23.6 Å². The fraction of sp³-hybridized carbons (Fsp3) is 0.148. The summed E-state index contributed by atoms with van der Waals surface area (Å²) < 4.78 is 33.3. The highest BCUT2D eigenvalue weighted by Crippen LogP contribution is 2.33. The number of aromatic amines is 1. The van der Waals surface area contributed by atoms with Crippen LogP contribution in [0.4, 0.5) is 8.78 Å². The van der Waals surface area contributed by atoms with Crippen molar-refractivity contribution in [3.63, 3.8) is 0 Å². The minimum atomic E-state index is -3.09. The first kappa shape index (κ1) is 25.1. The number of H-pyrrole nitrogens is 1. The number of carbonyl (C=O) groups is 2. The molecular weight excluding hydrogens is 490 g/mol. The number of carboxylic acids is 1. The lowest BCUT2D eigenvalue weighted by Gasteiger charge is -2.14.